The van der Waals surface area contributed by atoms with Gasteiger partial charge in [0.05, 0.1) is 4.90 Å². The molecule has 1 aliphatic heterocycles. The molecule has 1 heterocycles. The monoisotopic (exact) mass is 537 g/mol. The first kappa shape index (κ1) is 26.1. The van der Waals surface area contributed by atoms with Gasteiger partial charge in [-0.2, -0.15) is 4.31 Å². The van der Waals surface area contributed by atoms with Gasteiger partial charge in [0.25, 0.3) is 0 Å². The highest BCUT2D eigenvalue weighted by molar-refractivity contribution is 14.0. The SMILES string of the molecule is CCN1CCCC1CNC(=NC)NCc1ccc(S(=O)(=O)N(C)C(C)C)cc1.I. The average Bonchev–Trinajstić information content (AvgIpc) is 3.15. The number of nitrogens with zero attached hydrogens (tertiary/aromatic N) is 3. The second-order valence-corrected chi connectivity index (χ2v) is 9.49. The van der Waals surface area contributed by atoms with E-state index in [1.165, 1.54) is 23.7 Å². The van der Waals surface area contributed by atoms with E-state index in [0.29, 0.717) is 17.5 Å². The summed E-state index contributed by atoms with van der Waals surface area (Å²) in [6.07, 6.45) is 2.48. The molecule has 0 radical (unpaired) electrons. The maximum absolute atomic E-state index is 12.5. The Morgan fingerprint density at radius 2 is 1.93 bits per heavy atom. The van der Waals surface area contributed by atoms with Crippen LogP contribution in [0.1, 0.15) is 39.2 Å². The number of likely N-dealkylation sites (N-methyl/N-ethyl adjacent to an activating group) is 1. The molecule has 1 aliphatic rings. The Morgan fingerprint density at radius 3 is 2.48 bits per heavy atom. The van der Waals surface area contributed by atoms with E-state index in [2.05, 4.69) is 27.4 Å². The van der Waals surface area contributed by atoms with E-state index >= 15 is 0 Å². The van der Waals surface area contributed by atoms with Crippen molar-refractivity contribution in [2.75, 3.05) is 33.7 Å². The molecule has 1 fully saturated rings. The molecule has 0 aliphatic carbocycles. The van der Waals surface area contributed by atoms with Crippen LogP contribution in [0.2, 0.25) is 0 Å². The zero-order valence-electron chi connectivity index (χ0n) is 18.2. The predicted molar refractivity (Wildman–Crippen MR) is 130 cm³/mol. The minimum absolute atomic E-state index is 0. The van der Waals surface area contributed by atoms with Gasteiger partial charge in [0, 0.05) is 39.3 Å². The van der Waals surface area contributed by atoms with E-state index in [-0.39, 0.29) is 30.0 Å². The molecule has 7 nitrogen and oxygen atoms in total. The van der Waals surface area contributed by atoms with Gasteiger partial charge in [0.1, 0.15) is 0 Å². The molecule has 0 bridgehead atoms. The molecule has 1 aromatic carbocycles. The quantitative estimate of drug-likeness (QED) is 0.303. The molecule has 2 rings (SSSR count). The Balaban J connectivity index is 0.00000420. The van der Waals surface area contributed by atoms with E-state index in [0.717, 1.165) is 24.6 Å². The van der Waals surface area contributed by atoms with Crippen LogP contribution in [0.25, 0.3) is 0 Å². The average molecular weight is 538 g/mol. The van der Waals surface area contributed by atoms with Crippen LogP contribution in [0.3, 0.4) is 0 Å². The summed E-state index contributed by atoms with van der Waals surface area (Å²) in [5.74, 6) is 0.763. The summed E-state index contributed by atoms with van der Waals surface area (Å²) >= 11 is 0. The van der Waals surface area contributed by atoms with Crippen molar-refractivity contribution >= 4 is 40.0 Å². The maximum Gasteiger partial charge on any atom is 0.243 e. The molecule has 1 saturated heterocycles. The number of guanidine groups is 1. The van der Waals surface area contributed by atoms with E-state index < -0.39 is 10.0 Å². The zero-order valence-corrected chi connectivity index (χ0v) is 21.3. The van der Waals surface area contributed by atoms with Gasteiger partial charge in [-0.15, -0.1) is 24.0 Å². The van der Waals surface area contributed by atoms with Crippen molar-refractivity contribution < 1.29 is 8.42 Å². The smallest absolute Gasteiger partial charge is 0.243 e. The van der Waals surface area contributed by atoms with Crippen molar-refractivity contribution in [2.45, 2.75) is 57.1 Å². The van der Waals surface area contributed by atoms with Gasteiger partial charge < -0.3 is 10.6 Å². The van der Waals surface area contributed by atoms with Crippen LogP contribution in [-0.2, 0) is 16.6 Å². The number of hydrogen-bond acceptors (Lipinski definition) is 4. The molecule has 1 aromatic rings. The van der Waals surface area contributed by atoms with Crippen LogP contribution in [-0.4, -0.2) is 69.4 Å². The lowest BCUT2D eigenvalue weighted by atomic mass is 10.2. The summed E-state index contributed by atoms with van der Waals surface area (Å²) in [6, 6.07) is 7.50. The van der Waals surface area contributed by atoms with Crippen LogP contribution in [0.4, 0.5) is 0 Å². The molecule has 166 valence electrons. The van der Waals surface area contributed by atoms with Crippen LogP contribution < -0.4 is 10.6 Å². The number of halogens is 1. The second-order valence-electron chi connectivity index (χ2n) is 7.49. The van der Waals surface area contributed by atoms with E-state index in [9.17, 15) is 8.42 Å². The molecule has 0 amide bonds. The highest BCUT2D eigenvalue weighted by Crippen LogP contribution is 2.17. The minimum Gasteiger partial charge on any atom is -0.355 e. The van der Waals surface area contributed by atoms with Gasteiger partial charge in [-0.3, -0.25) is 9.89 Å². The highest BCUT2D eigenvalue weighted by atomic mass is 127. The number of aliphatic imine (C=N–C) groups is 1. The molecule has 2 N–H and O–H groups in total. The van der Waals surface area contributed by atoms with Crippen molar-refractivity contribution in [1.29, 1.82) is 0 Å². The summed E-state index contributed by atoms with van der Waals surface area (Å²) in [4.78, 5) is 7.10. The molecule has 29 heavy (non-hydrogen) atoms. The Labute approximate surface area is 193 Å². The fraction of sp³-hybridized carbons (Fsp3) is 0.650. The van der Waals surface area contributed by atoms with Gasteiger partial charge in [0.15, 0.2) is 5.96 Å². The number of hydrogen-bond donors (Lipinski definition) is 2. The van der Waals surface area contributed by atoms with E-state index in [1.54, 1.807) is 26.2 Å². The lowest BCUT2D eigenvalue weighted by Crippen LogP contribution is -2.44. The molecular weight excluding hydrogens is 501 g/mol. The van der Waals surface area contributed by atoms with Crippen LogP contribution in [0, 0.1) is 0 Å². The molecular formula is C20H36IN5O2S. The largest absolute Gasteiger partial charge is 0.355 e. The van der Waals surface area contributed by atoms with Crippen molar-refractivity contribution in [2.24, 2.45) is 4.99 Å². The number of benzene rings is 1. The van der Waals surface area contributed by atoms with Crippen LogP contribution in [0.5, 0.6) is 0 Å². The fourth-order valence-electron chi connectivity index (χ4n) is 3.39. The fourth-order valence-corrected chi connectivity index (χ4v) is 4.75. The Hall–Kier alpha value is -0.910. The summed E-state index contributed by atoms with van der Waals surface area (Å²) in [5.41, 5.74) is 1.00. The Morgan fingerprint density at radius 1 is 1.28 bits per heavy atom. The molecule has 9 heteroatoms. The molecule has 1 unspecified atom stereocenters. The first-order chi connectivity index (χ1) is 13.3. The summed E-state index contributed by atoms with van der Waals surface area (Å²) in [7, 11) is -0.0755. The third kappa shape index (κ3) is 7.08. The standard InChI is InChI=1S/C20H35N5O2S.HI/c1-6-25-13-7-8-18(25)15-23-20(21-4)22-14-17-9-11-19(12-10-17)28(26,27)24(5)16(2)3;/h9-12,16,18H,6-8,13-15H2,1-5H3,(H2,21,22,23);1H. The highest BCUT2D eigenvalue weighted by Gasteiger charge is 2.23. The number of sulfonamides is 1. The molecule has 1 atom stereocenters. The van der Waals surface area contributed by atoms with Gasteiger partial charge >= 0.3 is 0 Å². The number of likely N-dealkylation sites (tertiary alicyclic amines) is 1. The maximum atomic E-state index is 12.5. The number of rotatable bonds is 8. The topological polar surface area (TPSA) is 77.0 Å². The Kier molecular flexibility index (Phi) is 10.9. The Bertz CT molecular complexity index is 753. The van der Waals surface area contributed by atoms with Crippen LogP contribution in [0.15, 0.2) is 34.2 Å². The van der Waals surface area contributed by atoms with Crippen LogP contribution >= 0.6 is 24.0 Å². The van der Waals surface area contributed by atoms with Gasteiger partial charge in [-0.05, 0) is 57.5 Å². The molecule has 0 saturated carbocycles. The zero-order chi connectivity index (χ0) is 20.7. The van der Waals surface area contributed by atoms with Crippen molar-refractivity contribution in [3.8, 4) is 0 Å². The second kappa shape index (κ2) is 12.1. The summed E-state index contributed by atoms with van der Waals surface area (Å²) in [6.45, 7) is 9.65. The lowest BCUT2D eigenvalue weighted by Gasteiger charge is -2.24. The van der Waals surface area contributed by atoms with Crippen molar-refractivity contribution in [3.63, 3.8) is 0 Å². The predicted octanol–water partition coefficient (Wildman–Crippen LogP) is 2.48. The van der Waals surface area contributed by atoms with Gasteiger partial charge in [-0.25, -0.2) is 8.42 Å². The van der Waals surface area contributed by atoms with Crippen molar-refractivity contribution in [1.82, 2.24) is 19.8 Å². The first-order valence-electron chi connectivity index (χ1n) is 10.0. The molecule has 0 aromatic heterocycles. The molecule has 0 spiro atoms. The van der Waals surface area contributed by atoms with Crippen molar-refractivity contribution in [3.05, 3.63) is 29.8 Å². The third-order valence-electron chi connectivity index (χ3n) is 5.42. The summed E-state index contributed by atoms with van der Waals surface area (Å²) < 4.78 is 26.5. The number of nitrogens with one attached hydrogen (secondary N) is 2. The van der Waals surface area contributed by atoms with E-state index in [4.69, 9.17) is 0 Å². The normalized spacial score (nSPS) is 18.2. The summed E-state index contributed by atoms with van der Waals surface area (Å²) in [5, 5.41) is 6.71. The van der Waals surface area contributed by atoms with E-state index in [1.807, 2.05) is 26.0 Å². The third-order valence-corrected chi connectivity index (χ3v) is 7.47. The minimum atomic E-state index is -3.44. The van der Waals surface area contributed by atoms with Gasteiger partial charge in [-0.1, -0.05) is 19.1 Å². The van der Waals surface area contributed by atoms with Gasteiger partial charge in [0.2, 0.25) is 10.0 Å². The lowest BCUT2D eigenvalue weighted by molar-refractivity contribution is 0.267. The first-order valence-corrected chi connectivity index (χ1v) is 11.5.